The van der Waals surface area contributed by atoms with Crippen molar-refractivity contribution in [1.82, 2.24) is 4.98 Å². The van der Waals surface area contributed by atoms with Gasteiger partial charge in [0.05, 0.1) is 15.2 Å². The number of hydrogen-bond acceptors (Lipinski definition) is 3. The maximum Gasteiger partial charge on any atom is 0.224 e. The van der Waals surface area contributed by atoms with E-state index in [0.29, 0.717) is 17.9 Å². The highest BCUT2D eigenvalue weighted by Crippen LogP contribution is 2.23. The number of rotatable bonds is 4. The molecule has 1 amide bonds. The molecule has 1 heterocycles. The normalized spacial score (nSPS) is 10.8. The standard InChI is InChI=1S/C17H15ClN2OS/c1-11-6-7-12(18)10-14(11)19-16(21)8-9-17-20-13-4-2-3-5-15(13)22-17/h2-7,10H,8-9H2,1H3,(H,19,21). The molecule has 0 fully saturated rings. The van der Waals surface area contributed by atoms with E-state index in [0.717, 1.165) is 26.5 Å². The summed E-state index contributed by atoms with van der Waals surface area (Å²) < 4.78 is 1.16. The molecule has 2 aromatic carbocycles. The number of aromatic nitrogens is 1. The molecular weight excluding hydrogens is 316 g/mol. The lowest BCUT2D eigenvalue weighted by Crippen LogP contribution is -2.13. The first kappa shape index (κ1) is 15.0. The molecular formula is C17H15ClN2OS. The Hall–Kier alpha value is -1.91. The van der Waals surface area contributed by atoms with Crippen molar-refractivity contribution in [2.24, 2.45) is 0 Å². The highest BCUT2D eigenvalue weighted by atomic mass is 35.5. The maximum atomic E-state index is 12.1. The molecule has 3 aromatic rings. The number of nitrogens with one attached hydrogen (secondary N) is 1. The average Bonchev–Trinajstić information content (AvgIpc) is 2.92. The number of carbonyl (C=O) groups is 1. The quantitative estimate of drug-likeness (QED) is 0.744. The summed E-state index contributed by atoms with van der Waals surface area (Å²) in [7, 11) is 0. The number of hydrogen-bond donors (Lipinski definition) is 1. The van der Waals surface area contributed by atoms with Crippen molar-refractivity contribution in [3.05, 3.63) is 58.1 Å². The lowest BCUT2D eigenvalue weighted by Gasteiger charge is -2.08. The molecule has 1 N–H and O–H groups in total. The molecule has 22 heavy (non-hydrogen) atoms. The minimum Gasteiger partial charge on any atom is -0.326 e. The smallest absolute Gasteiger partial charge is 0.224 e. The van der Waals surface area contributed by atoms with Crippen LogP contribution in [0.3, 0.4) is 0 Å². The van der Waals surface area contributed by atoms with Crippen LogP contribution in [0.5, 0.6) is 0 Å². The number of nitrogens with zero attached hydrogens (tertiary/aromatic N) is 1. The molecule has 0 radical (unpaired) electrons. The van der Waals surface area contributed by atoms with Crippen molar-refractivity contribution in [3.63, 3.8) is 0 Å². The summed E-state index contributed by atoms with van der Waals surface area (Å²) in [6.45, 7) is 1.94. The fourth-order valence-electron chi connectivity index (χ4n) is 2.19. The largest absolute Gasteiger partial charge is 0.326 e. The third kappa shape index (κ3) is 3.46. The van der Waals surface area contributed by atoms with Crippen LogP contribution in [0.2, 0.25) is 5.02 Å². The highest BCUT2D eigenvalue weighted by Gasteiger charge is 2.08. The van der Waals surface area contributed by atoms with Crippen LogP contribution in [0.1, 0.15) is 17.0 Å². The Morgan fingerprint density at radius 3 is 2.91 bits per heavy atom. The van der Waals surface area contributed by atoms with Gasteiger partial charge in [-0.25, -0.2) is 4.98 Å². The zero-order valence-electron chi connectivity index (χ0n) is 12.1. The van der Waals surface area contributed by atoms with Crippen molar-refractivity contribution in [2.75, 3.05) is 5.32 Å². The number of aryl methyl sites for hydroxylation is 2. The molecule has 0 aliphatic heterocycles. The topological polar surface area (TPSA) is 42.0 Å². The van der Waals surface area contributed by atoms with Crippen LogP contribution in [0.15, 0.2) is 42.5 Å². The molecule has 0 saturated heterocycles. The Morgan fingerprint density at radius 1 is 1.27 bits per heavy atom. The summed E-state index contributed by atoms with van der Waals surface area (Å²) in [5.41, 5.74) is 2.76. The van der Waals surface area contributed by atoms with E-state index < -0.39 is 0 Å². The van der Waals surface area contributed by atoms with E-state index in [9.17, 15) is 4.79 Å². The van der Waals surface area contributed by atoms with E-state index >= 15 is 0 Å². The van der Waals surface area contributed by atoms with Gasteiger partial charge in [0.15, 0.2) is 0 Å². The number of benzene rings is 2. The second-order valence-corrected chi connectivity index (χ2v) is 6.63. The number of para-hydroxylation sites is 1. The summed E-state index contributed by atoms with van der Waals surface area (Å²) in [4.78, 5) is 16.6. The van der Waals surface area contributed by atoms with E-state index in [2.05, 4.69) is 10.3 Å². The second-order valence-electron chi connectivity index (χ2n) is 5.08. The molecule has 1 aromatic heterocycles. The van der Waals surface area contributed by atoms with Gasteiger partial charge in [-0.15, -0.1) is 11.3 Å². The number of carbonyl (C=O) groups excluding carboxylic acids is 1. The maximum absolute atomic E-state index is 12.1. The molecule has 5 heteroatoms. The van der Waals surface area contributed by atoms with Gasteiger partial charge in [0, 0.05) is 23.6 Å². The fraction of sp³-hybridized carbons (Fsp3) is 0.176. The molecule has 0 saturated carbocycles. The van der Waals surface area contributed by atoms with Gasteiger partial charge in [0.2, 0.25) is 5.91 Å². The average molecular weight is 331 g/mol. The first-order valence-electron chi connectivity index (χ1n) is 7.02. The van der Waals surface area contributed by atoms with E-state index in [1.54, 1.807) is 17.4 Å². The zero-order valence-corrected chi connectivity index (χ0v) is 13.7. The van der Waals surface area contributed by atoms with Crippen LogP contribution in [0.25, 0.3) is 10.2 Å². The van der Waals surface area contributed by atoms with Gasteiger partial charge in [-0.05, 0) is 36.8 Å². The summed E-state index contributed by atoms with van der Waals surface area (Å²) >= 11 is 7.60. The molecule has 0 bridgehead atoms. The number of fused-ring (bicyclic) bond motifs is 1. The second kappa shape index (κ2) is 6.46. The molecule has 0 aliphatic carbocycles. The van der Waals surface area contributed by atoms with Gasteiger partial charge < -0.3 is 5.32 Å². The summed E-state index contributed by atoms with van der Waals surface area (Å²) in [5.74, 6) is -0.0235. The third-order valence-corrected chi connectivity index (χ3v) is 4.71. The first-order valence-corrected chi connectivity index (χ1v) is 8.22. The van der Waals surface area contributed by atoms with Crippen LogP contribution < -0.4 is 5.32 Å². The van der Waals surface area contributed by atoms with Crippen LogP contribution in [-0.4, -0.2) is 10.9 Å². The molecule has 0 atom stereocenters. The molecule has 112 valence electrons. The summed E-state index contributed by atoms with van der Waals surface area (Å²) in [5, 5.41) is 4.51. The Balaban J connectivity index is 1.63. The van der Waals surface area contributed by atoms with Gasteiger partial charge in [0.1, 0.15) is 0 Å². The van der Waals surface area contributed by atoms with E-state index in [-0.39, 0.29) is 5.91 Å². The summed E-state index contributed by atoms with van der Waals surface area (Å²) in [6, 6.07) is 13.5. The lowest BCUT2D eigenvalue weighted by atomic mass is 10.2. The van der Waals surface area contributed by atoms with E-state index in [1.165, 1.54) is 0 Å². The van der Waals surface area contributed by atoms with E-state index in [1.807, 2.05) is 43.3 Å². The Kier molecular flexibility index (Phi) is 4.41. The minimum atomic E-state index is -0.0235. The van der Waals surface area contributed by atoms with Crippen LogP contribution >= 0.6 is 22.9 Å². The van der Waals surface area contributed by atoms with Crippen molar-refractivity contribution in [3.8, 4) is 0 Å². The van der Waals surface area contributed by atoms with Gasteiger partial charge in [-0.2, -0.15) is 0 Å². The van der Waals surface area contributed by atoms with Gasteiger partial charge >= 0.3 is 0 Å². The first-order chi connectivity index (χ1) is 10.6. The van der Waals surface area contributed by atoms with Crippen LogP contribution in [0.4, 0.5) is 5.69 Å². The SMILES string of the molecule is Cc1ccc(Cl)cc1NC(=O)CCc1nc2ccccc2s1. The molecule has 0 spiro atoms. The van der Waals surface area contributed by atoms with Gasteiger partial charge in [0.25, 0.3) is 0 Å². The predicted octanol–water partition coefficient (Wildman–Crippen LogP) is 4.83. The number of amides is 1. The van der Waals surface area contributed by atoms with Crippen molar-refractivity contribution in [2.45, 2.75) is 19.8 Å². The van der Waals surface area contributed by atoms with Crippen molar-refractivity contribution in [1.29, 1.82) is 0 Å². The fourth-order valence-corrected chi connectivity index (χ4v) is 3.33. The van der Waals surface area contributed by atoms with Crippen LogP contribution in [0, 0.1) is 6.92 Å². The van der Waals surface area contributed by atoms with E-state index in [4.69, 9.17) is 11.6 Å². The molecule has 3 rings (SSSR count). The number of halogens is 1. The summed E-state index contributed by atoms with van der Waals surface area (Å²) in [6.07, 6.45) is 1.05. The van der Waals surface area contributed by atoms with Gasteiger partial charge in [-0.3, -0.25) is 4.79 Å². The third-order valence-electron chi connectivity index (χ3n) is 3.38. The molecule has 0 unspecified atom stereocenters. The van der Waals surface area contributed by atoms with Crippen molar-refractivity contribution < 1.29 is 4.79 Å². The monoisotopic (exact) mass is 330 g/mol. The van der Waals surface area contributed by atoms with Crippen LogP contribution in [-0.2, 0) is 11.2 Å². The lowest BCUT2D eigenvalue weighted by molar-refractivity contribution is -0.116. The minimum absolute atomic E-state index is 0.0235. The zero-order chi connectivity index (χ0) is 15.5. The Morgan fingerprint density at radius 2 is 2.09 bits per heavy atom. The van der Waals surface area contributed by atoms with Gasteiger partial charge in [-0.1, -0.05) is 29.8 Å². The Bertz CT molecular complexity index is 795. The molecule has 0 aliphatic rings. The molecule has 3 nitrogen and oxygen atoms in total. The van der Waals surface area contributed by atoms with Crippen molar-refractivity contribution >= 4 is 44.7 Å². The highest BCUT2D eigenvalue weighted by molar-refractivity contribution is 7.18. The predicted molar refractivity (Wildman–Crippen MR) is 92.8 cm³/mol. The Labute approximate surface area is 138 Å². The number of thiazole rings is 1. The number of anilines is 1.